The first-order valence-electron chi connectivity index (χ1n) is 6.27. The van der Waals surface area contributed by atoms with E-state index in [1.165, 1.54) is 0 Å². The van der Waals surface area contributed by atoms with E-state index in [-0.39, 0.29) is 0 Å². The van der Waals surface area contributed by atoms with Gasteiger partial charge in [-0.05, 0) is 41.9 Å². The lowest BCUT2D eigenvalue weighted by Crippen LogP contribution is -1.93. The maximum atomic E-state index is 5.79. The van der Waals surface area contributed by atoms with E-state index in [0.29, 0.717) is 5.92 Å². The number of nitrogens with two attached hydrogens (primary N) is 1. The van der Waals surface area contributed by atoms with Crippen LogP contribution < -0.4 is 5.73 Å². The third-order valence-corrected chi connectivity index (χ3v) is 4.85. The monoisotopic (exact) mass is 302 g/mol. The number of benzene rings is 1. The molecule has 0 saturated heterocycles. The molecule has 0 aliphatic carbocycles. The van der Waals surface area contributed by atoms with Gasteiger partial charge in [0.2, 0.25) is 0 Å². The maximum absolute atomic E-state index is 5.79. The van der Waals surface area contributed by atoms with Crippen molar-refractivity contribution in [3.63, 3.8) is 0 Å². The van der Waals surface area contributed by atoms with Gasteiger partial charge in [0.15, 0.2) is 4.34 Å². The van der Waals surface area contributed by atoms with Crippen LogP contribution in [0.2, 0.25) is 0 Å². The molecule has 1 aromatic carbocycles. The molecule has 0 atom stereocenters. The van der Waals surface area contributed by atoms with Gasteiger partial charge in [-0.3, -0.25) is 0 Å². The summed E-state index contributed by atoms with van der Waals surface area (Å²) in [6, 6.07) is 7.80. The molecule has 6 heteroatoms. The van der Waals surface area contributed by atoms with E-state index in [2.05, 4.69) is 28.8 Å². The lowest BCUT2D eigenvalue weighted by atomic mass is 10.1. The highest BCUT2D eigenvalue weighted by Gasteiger charge is 2.09. The minimum Gasteiger partial charge on any atom is -0.399 e. The van der Waals surface area contributed by atoms with Crippen LogP contribution in [0.15, 0.2) is 40.0 Å². The van der Waals surface area contributed by atoms with Gasteiger partial charge < -0.3 is 5.73 Å². The van der Waals surface area contributed by atoms with Crippen LogP contribution in [0.1, 0.15) is 25.5 Å². The topological polar surface area (TPSA) is 64.7 Å². The summed E-state index contributed by atoms with van der Waals surface area (Å²) in [5.74, 6) is 0.396. The molecule has 0 spiro atoms. The lowest BCUT2D eigenvalue weighted by molar-refractivity contribution is 0.799. The van der Waals surface area contributed by atoms with Crippen LogP contribution in [-0.4, -0.2) is 15.0 Å². The van der Waals surface area contributed by atoms with Crippen molar-refractivity contribution in [2.75, 3.05) is 5.73 Å². The lowest BCUT2D eigenvalue weighted by Gasteiger charge is -2.04. The number of fused-ring (bicyclic) bond motifs is 1. The number of nitrogen functional groups attached to an aromatic ring is 1. The van der Waals surface area contributed by atoms with Crippen molar-refractivity contribution >= 4 is 39.0 Å². The molecule has 3 rings (SSSR count). The second-order valence-electron chi connectivity index (χ2n) is 4.74. The van der Waals surface area contributed by atoms with Gasteiger partial charge in [0.25, 0.3) is 0 Å². The van der Waals surface area contributed by atoms with Crippen LogP contribution in [0.3, 0.4) is 0 Å². The first kappa shape index (κ1) is 13.3. The standard InChI is InChI=1S/C14H14N4S2/c1-8(2)11-6-13(17-7-16-11)20-14-18-10-4-3-9(15)5-12(10)19-14/h3-8H,15H2,1-2H3. The summed E-state index contributed by atoms with van der Waals surface area (Å²) >= 11 is 3.20. The predicted octanol–water partition coefficient (Wildman–Crippen LogP) is 3.94. The molecule has 2 N–H and O–H groups in total. The fraction of sp³-hybridized carbons (Fsp3) is 0.214. The SMILES string of the molecule is CC(C)c1cc(Sc2nc3ccc(N)cc3s2)ncn1. The van der Waals surface area contributed by atoms with Crippen LogP contribution in [0.5, 0.6) is 0 Å². The Bertz CT molecular complexity index is 752. The number of anilines is 1. The summed E-state index contributed by atoms with van der Waals surface area (Å²) in [7, 11) is 0. The maximum Gasteiger partial charge on any atom is 0.157 e. The molecule has 0 aliphatic rings. The summed E-state index contributed by atoms with van der Waals surface area (Å²) in [6.07, 6.45) is 1.61. The fourth-order valence-electron chi connectivity index (χ4n) is 1.78. The van der Waals surface area contributed by atoms with Crippen LogP contribution in [0.25, 0.3) is 10.2 Å². The molecule has 0 fully saturated rings. The number of hydrogen-bond donors (Lipinski definition) is 1. The minimum absolute atomic E-state index is 0.396. The van der Waals surface area contributed by atoms with E-state index in [1.807, 2.05) is 24.3 Å². The van der Waals surface area contributed by atoms with Crippen LogP contribution in [0, 0.1) is 0 Å². The normalized spacial score (nSPS) is 11.3. The summed E-state index contributed by atoms with van der Waals surface area (Å²) in [4.78, 5) is 13.2. The van der Waals surface area contributed by atoms with Gasteiger partial charge in [-0.25, -0.2) is 15.0 Å². The van der Waals surface area contributed by atoms with Crippen LogP contribution in [0.4, 0.5) is 5.69 Å². The summed E-state index contributed by atoms with van der Waals surface area (Å²) in [5.41, 5.74) is 8.58. The molecular weight excluding hydrogens is 288 g/mol. The van der Waals surface area contributed by atoms with Crippen LogP contribution in [-0.2, 0) is 0 Å². The molecule has 102 valence electrons. The predicted molar refractivity (Wildman–Crippen MR) is 84.3 cm³/mol. The Hall–Kier alpha value is -1.66. The smallest absolute Gasteiger partial charge is 0.157 e. The largest absolute Gasteiger partial charge is 0.399 e. The molecule has 0 amide bonds. The van der Waals surface area contributed by atoms with Crippen LogP contribution >= 0.6 is 23.1 Å². The molecule has 20 heavy (non-hydrogen) atoms. The Labute approximate surface area is 125 Å². The number of nitrogens with zero attached hydrogens (tertiary/aromatic N) is 3. The second-order valence-corrected chi connectivity index (χ2v) is 7.04. The average molecular weight is 302 g/mol. The van der Waals surface area contributed by atoms with E-state index in [4.69, 9.17) is 5.73 Å². The Balaban J connectivity index is 1.90. The van der Waals surface area contributed by atoms with Crippen molar-refractivity contribution in [3.8, 4) is 0 Å². The first-order valence-corrected chi connectivity index (χ1v) is 7.91. The Morgan fingerprint density at radius 2 is 2.05 bits per heavy atom. The highest BCUT2D eigenvalue weighted by atomic mass is 32.2. The Kier molecular flexibility index (Phi) is 3.58. The molecule has 0 radical (unpaired) electrons. The zero-order valence-corrected chi connectivity index (χ0v) is 12.8. The molecule has 2 aromatic heterocycles. The highest BCUT2D eigenvalue weighted by molar-refractivity contribution is 8.01. The van der Waals surface area contributed by atoms with E-state index in [1.54, 1.807) is 29.4 Å². The van der Waals surface area contributed by atoms with Crippen molar-refractivity contribution in [2.45, 2.75) is 29.1 Å². The van der Waals surface area contributed by atoms with Gasteiger partial charge in [0, 0.05) is 11.4 Å². The van der Waals surface area contributed by atoms with Crippen molar-refractivity contribution in [1.82, 2.24) is 15.0 Å². The molecule has 3 aromatic rings. The van der Waals surface area contributed by atoms with Crippen molar-refractivity contribution in [1.29, 1.82) is 0 Å². The second kappa shape index (κ2) is 5.38. The number of aromatic nitrogens is 3. The first-order chi connectivity index (χ1) is 9.61. The molecule has 4 nitrogen and oxygen atoms in total. The van der Waals surface area contributed by atoms with Crippen molar-refractivity contribution < 1.29 is 0 Å². The third-order valence-electron chi connectivity index (χ3n) is 2.84. The molecule has 0 bridgehead atoms. The quantitative estimate of drug-likeness (QED) is 0.586. The van der Waals surface area contributed by atoms with E-state index in [9.17, 15) is 0 Å². The molecular formula is C14H14N4S2. The number of rotatable bonds is 3. The summed E-state index contributed by atoms with van der Waals surface area (Å²) in [6.45, 7) is 4.24. The van der Waals surface area contributed by atoms with Crippen molar-refractivity contribution in [2.24, 2.45) is 0 Å². The van der Waals surface area contributed by atoms with E-state index < -0.39 is 0 Å². The van der Waals surface area contributed by atoms with E-state index >= 15 is 0 Å². The van der Waals surface area contributed by atoms with Gasteiger partial charge in [-0.2, -0.15) is 0 Å². The highest BCUT2D eigenvalue weighted by Crippen LogP contribution is 2.34. The summed E-state index contributed by atoms with van der Waals surface area (Å²) < 4.78 is 2.07. The number of thiazole rings is 1. The zero-order chi connectivity index (χ0) is 14.1. The minimum atomic E-state index is 0.396. The van der Waals surface area contributed by atoms with Gasteiger partial charge in [0.1, 0.15) is 11.4 Å². The third kappa shape index (κ3) is 2.76. The fourth-order valence-corrected chi connectivity index (χ4v) is 3.82. The Morgan fingerprint density at radius 3 is 2.85 bits per heavy atom. The van der Waals surface area contributed by atoms with Gasteiger partial charge >= 0.3 is 0 Å². The Morgan fingerprint density at radius 1 is 1.20 bits per heavy atom. The van der Waals surface area contributed by atoms with E-state index in [0.717, 1.165) is 31.0 Å². The van der Waals surface area contributed by atoms with Crippen molar-refractivity contribution in [3.05, 3.63) is 36.3 Å². The molecule has 0 saturated carbocycles. The molecule has 0 aliphatic heterocycles. The molecule has 0 unspecified atom stereocenters. The van der Waals surface area contributed by atoms with Gasteiger partial charge in [0.05, 0.1) is 10.2 Å². The molecule has 2 heterocycles. The number of hydrogen-bond acceptors (Lipinski definition) is 6. The van der Waals surface area contributed by atoms with Gasteiger partial charge in [-0.15, -0.1) is 11.3 Å². The van der Waals surface area contributed by atoms with Gasteiger partial charge in [-0.1, -0.05) is 13.8 Å². The summed E-state index contributed by atoms with van der Waals surface area (Å²) in [5, 5.41) is 0.927. The zero-order valence-electron chi connectivity index (χ0n) is 11.2. The average Bonchev–Trinajstić information content (AvgIpc) is 2.80.